The van der Waals surface area contributed by atoms with Crippen LogP contribution in [0.3, 0.4) is 0 Å². The average Bonchev–Trinajstić information content (AvgIpc) is 3.83. The van der Waals surface area contributed by atoms with Gasteiger partial charge in [0, 0.05) is 56.9 Å². The van der Waals surface area contributed by atoms with E-state index in [-0.39, 0.29) is 24.0 Å². The minimum absolute atomic E-state index is 0.0633. The lowest BCUT2D eigenvalue weighted by atomic mass is 9.83. The number of halogens is 3. The van der Waals surface area contributed by atoms with Crippen LogP contribution in [0, 0.1) is 24.4 Å². The summed E-state index contributed by atoms with van der Waals surface area (Å²) in [7, 11) is 1.68. The summed E-state index contributed by atoms with van der Waals surface area (Å²) in [4.78, 5) is 18.8. The molecule has 2 N–H and O–H groups in total. The molecule has 0 unspecified atom stereocenters. The Balaban J connectivity index is 1.09. The number of benzene rings is 3. The first kappa shape index (κ1) is 31.7. The number of rotatable bonds is 10. The lowest BCUT2D eigenvalue weighted by Crippen LogP contribution is -2.60. The maximum absolute atomic E-state index is 14.5. The summed E-state index contributed by atoms with van der Waals surface area (Å²) in [6, 6.07) is 16.5. The molecule has 47 heavy (non-hydrogen) atoms. The highest BCUT2D eigenvalue weighted by Gasteiger charge is 2.41. The summed E-state index contributed by atoms with van der Waals surface area (Å²) in [5, 5.41) is 7.23. The fourth-order valence-electron chi connectivity index (χ4n) is 7.27. The monoisotopic (exact) mass is 646 g/mol. The van der Waals surface area contributed by atoms with Crippen molar-refractivity contribution in [2.24, 2.45) is 0 Å². The van der Waals surface area contributed by atoms with Crippen LogP contribution in [-0.2, 0) is 17.9 Å². The summed E-state index contributed by atoms with van der Waals surface area (Å²) in [6.45, 7) is 5.98. The average molecular weight is 647 g/mol. The van der Waals surface area contributed by atoms with Crippen LogP contribution in [0.25, 0.3) is 5.57 Å². The van der Waals surface area contributed by atoms with Crippen LogP contribution in [0.15, 0.2) is 60.2 Å². The van der Waals surface area contributed by atoms with E-state index >= 15 is 0 Å². The van der Waals surface area contributed by atoms with E-state index in [9.17, 15) is 18.0 Å². The van der Waals surface area contributed by atoms with Crippen molar-refractivity contribution in [2.45, 2.75) is 69.9 Å². The highest BCUT2D eigenvalue weighted by atomic mass is 19.2. The van der Waals surface area contributed by atoms with Gasteiger partial charge in [-0.3, -0.25) is 9.69 Å². The number of amides is 1. The number of nitrogens with one attached hydrogen (secondary N) is 2. The van der Waals surface area contributed by atoms with Crippen LogP contribution in [0.2, 0.25) is 0 Å². The molecule has 7 nitrogen and oxygen atoms in total. The third-order valence-corrected chi connectivity index (χ3v) is 9.96. The molecule has 1 amide bonds. The summed E-state index contributed by atoms with van der Waals surface area (Å²) < 4.78 is 53.0. The maximum atomic E-state index is 14.5. The number of hydrogen-bond donors (Lipinski definition) is 2. The van der Waals surface area contributed by atoms with Gasteiger partial charge in [-0.15, -0.1) is 0 Å². The number of piperazine rings is 1. The molecule has 7 rings (SSSR count). The number of methoxy groups -OCH3 is 1. The van der Waals surface area contributed by atoms with Crippen molar-refractivity contribution in [3.63, 3.8) is 0 Å². The third kappa shape index (κ3) is 6.64. The third-order valence-electron chi connectivity index (χ3n) is 9.96. The zero-order valence-corrected chi connectivity index (χ0v) is 26.8. The minimum atomic E-state index is -1.29. The largest absolute Gasteiger partial charge is 0.496 e. The van der Waals surface area contributed by atoms with Gasteiger partial charge in [-0.2, -0.15) is 4.39 Å². The molecule has 3 heterocycles. The molecule has 0 spiro atoms. The molecule has 3 aromatic rings. The Hall–Kier alpha value is -3.86. The number of likely N-dealkylation sites (tertiary alicyclic amines) is 1. The SMILES string of the molecule is COc1cccc(CN(C(=O)C2=C(c3ccc(CN4CC[C@H](Oc5c(F)ccc(F)c5F)C4)cc3)C[C@H]3CNC[C@@H]2N3)C2CC2)c1C. The van der Waals surface area contributed by atoms with Gasteiger partial charge in [0.2, 0.25) is 5.82 Å². The molecule has 3 aromatic carbocycles. The van der Waals surface area contributed by atoms with Crippen molar-refractivity contribution in [1.29, 1.82) is 0 Å². The fraction of sp³-hybridized carbons (Fsp3) is 0.432. The number of carbonyl (C=O) groups is 1. The Labute approximate surface area is 273 Å². The molecule has 10 heteroatoms. The van der Waals surface area contributed by atoms with Gasteiger partial charge in [-0.05, 0) is 78.6 Å². The lowest BCUT2D eigenvalue weighted by molar-refractivity contribution is -0.128. The summed E-state index contributed by atoms with van der Waals surface area (Å²) >= 11 is 0. The highest BCUT2D eigenvalue weighted by Crippen LogP contribution is 2.37. The van der Waals surface area contributed by atoms with Crippen molar-refractivity contribution in [3.05, 3.63) is 99.9 Å². The Kier molecular flexibility index (Phi) is 9.00. The Bertz CT molecular complexity index is 1680. The van der Waals surface area contributed by atoms with E-state index in [0.29, 0.717) is 39.1 Å². The molecule has 1 saturated carbocycles. The van der Waals surface area contributed by atoms with Crippen molar-refractivity contribution in [1.82, 2.24) is 20.4 Å². The second-order valence-electron chi connectivity index (χ2n) is 13.2. The van der Waals surface area contributed by atoms with Gasteiger partial charge in [0.15, 0.2) is 17.4 Å². The molecule has 2 saturated heterocycles. The van der Waals surface area contributed by atoms with Crippen molar-refractivity contribution in [2.75, 3.05) is 33.3 Å². The van der Waals surface area contributed by atoms with Crippen molar-refractivity contribution in [3.8, 4) is 11.5 Å². The molecule has 3 atom stereocenters. The number of nitrogens with zero attached hydrogens (tertiary/aromatic N) is 2. The molecule has 4 aliphatic rings. The van der Waals surface area contributed by atoms with Gasteiger partial charge in [-0.25, -0.2) is 8.78 Å². The number of fused-ring (bicyclic) bond motifs is 2. The number of hydrogen-bond acceptors (Lipinski definition) is 6. The van der Waals surface area contributed by atoms with Gasteiger partial charge >= 0.3 is 0 Å². The minimum Gasteiger partial charge on any atom is -0.496 e. The fourth-order valence-corrected chi connectivity index (χ4v) is 7.27. The zero-order chi connectivity index (χ0) is 32.7. The Morgan fingerprint density at radius 1 is 1.00 bits per heavy atom. The standard InChI is InChI=1S/C37H41F3N4O3/c1-22-25(4-3-5-33(22)46-2)20-44(27-10-11-27)37(45)34-29(16-26-17-41-18-32(34)42-26)24-8-6-23(7-9-24)19-43-15-14-28(21-43)47-36-31(39)13-12-30(38)35(36)40/h3-9,12-13,26-28,32,41-42H,10-11,14-21H2,1-2H3/t26-,28-,32-/m0/s1. The second kappa shape index (κ2) is 13.3. The molecule has 1 aliphatic carbocycles. The van der Waals surface area contributed by atoms with Crippen LogP contribution in [0.5, 0.6) is 11.5 Å². The molecule has 248 valence electrons. The molecule has 0 radical (unpaired) electrons. The number of ether oxygens (including phenoxy) is 2. The first-order valence-corrected chi connectivity index (χ1v) is 16.5. The maximum Gasteiger partial charge on any atom is 0.252 e. The number of carbonyl (C=O) groups excluding carboxylic acids is 1. The van der Waals surface area contributed by atoms with Gasteiger partial charge in [0.25, 0.3) is 5.91 Å². The lowest BCUT2D eigenvalue weighted by Gasteiger charge is -2.41. The second-order valence-corrected chi connectivity index (χ2v) is 13.2. The zero-order valence-electron chi connectivity index (χ0n) is 26.8. The highest BCUT2D eigenvalue weighted by molar-refractivity contribution is 6.03. The smallest absolute Gasteiger partial charge is 0.252 e. The quantitative estimate of drug-likeness (QED) is 0.290. The topological polar surface area (TPSA) is 66.1 Å². The van der Waals surface area contributed by atoms with Crippen LogP contribution < -0.4 is 20.1 Å². The van der Waals surface area contributed by atoms with Crippen LogP contribution in [0.4, 0.5) is 13.2 Å². The van der Waals surface area contributed by atoms with E-state index in [1.165, 1.54) is 0 Å². The molecular weight excluding hydrogens is 605 g/mol. The van der Waals surface area contributed by atoms with Gasteiger partial charge in [0.1, 0.15) is 11.9 Å². The molecular formula is C37H41F3N4O3. The predicted octanol–water partition coefficient (Wildman–Crippen LogP) is 5.35. The normalized spacial score (nSPS) is 22.8. The summed E-state index contributed by atoms with van der Waals surface area (Å²) in [5.41, 5.74) is 6.27. The first-order valence-electron chi connectivity index (χ1n) is 16.5. The first-order chi connectivity index (χ1) is 22.8. The van der Waals surface area contributed by atoms with E-state index in [1.807, 2.05) is 19.1 Å². The van der Waals surface area contributed by atoms with Gasteiger partial charge < -0.3 is 25.0 Å². The Morgan fingerprint density at radius 3 is 2.55 bits per heavy atom. The van der Waals surface area contributed by atoms with Crippen LogP contribution in [-0.4, -0.2) is 73.2 Å². The summed E-state index contributed by atoms with van der Waals surface area (Å²) in [6.07, 6.45) is 2.94. The van der Waals surface area contributed by atoms with Crippen molar-refractivity contribution >= 4 is 11.5 Å². The van der Waals surface area contributed by atoms with Gasteiger partial charge in [-0.1, -0.05) is 36.4 Å². The molecule has 3 fully saturated rings. The molecule has 2 bridgehead atoms. The van der Waals surface area contributed by atoms with Crippen LogP contribution in [0.1, 0.15) is 47.9 Å². The van der Waals surface area contributed by atoms with E-state index in [4.69, 9.17) is 9.47 Å². The van der Waals surface area contributed by atoms with Crippen LogP contribution >= 0.6 is 0 Å². The van der Waals surface area contributed by atoms with E-state index in [2.05, 4.69) is 50.8 Å². The van der Waals surface area contributed by atoms with E-state index < -0.39 is 29.3 Å². The predicted molar refractivity (Wildman–Crippen MR) is 173 cm³/mol. The van der Waals surface area contributed by atoms with Crippen molar-refractivity contribution < 1.29 is 27.4 Å². The van der Waals surface area contributed by atoms with E-state index in [1.54, 1.807) is 7.11 Å². The van der Waals surface area contributed by atoms with Gasteiger partial charge in [0.05, 0.1) is 13.2 Å². The molecule has 3 aliphatic heterocycles. The molecule has 0 aromatic heterocycles. The van der Waals surface area contributed by atoms with E-state index in [0.717, 1.165) is 77.1 Å². The summed E-state index contributed by atoms with van der Waals surface area (Å²) in [5.74, 6) is -3.05. The Morgan fingerprint density at radius 2 is 1.79 bits per heavy atom.